The van der Waals surface area contributed by atoms with Gasteiger partial charge in [-0.3, -0.25) is 23.9 Å². The third kappa shape index (κ3) is 8.06. The van der Waals surface area contributed by atoms with Gasteiger partial charge in [0, 0.05) is 41.8 Å². The highest BCUT2D eigenvalue weighted by molar-refractivity contribution is 7.91. The number of nitrogens with one attached hydrogen (secondary N) is 2. The van der Waals surface area contributed by atoms with Crippen molar-refractivity contribution in [3.63, 3.8) is 0 Å². The lowest BCUT2D eigenvalue weighted by atomic mass is 10.1. The van der Waals surface area contributed by atoms with Crippen LogP contribution in [0.15, 0.2) is 67.3 Å². The van der Waals surface area contributed by atoms with Gasteiger partial charge in [-0.15, -0.1) is 6.58 Å². The molecule has 6 rings (SSSR count). The lowest BCUT2D eigenvalue weighted by Gasteiger charge is -2.26. The second-order valence-electron chi connectivity index (χ2n) is 14.6. The quantitative estimate of drug-likeness (QED) is 0.193. The van der Waals surface area contributed by atoms with Crippen LogP contribution in [0.2, 0.25) is 0 Å². The Balaban J connectivity index is 1.27. The molecule has 1 aliphatic heterocycles. The van der Waals surface area contributed by atoms with Crippen LogP contribution in [0.3, 0.4) is 0 Å². The molecule has 1 aromatic heterocycles. The van der Waals surface area contributed by atoms with Crippen LogP contribution in [0.5, 0.6) is 11.5 Å². The molecule has 2 N–H and O–H groups in total. The fourth-order valence-electron chi connectivity index (χ4n) is 6.51. The number of benzene rings is 2. The summed E-state index contributed by atoms with van der Waals surface area (Å²) >= 11 is 0. The number of esters is 1. The van der Waals surface area contributed by atoms with E-state index < -0.39 is 68.2 Å². The summed E-state index contributed by atoms with van der Waals surface area (Å²) in [5.74, 6) is -1.93. The number of ether oxygens (including phenoxy) is 3. The van der Waals surface area contributed by atoms with E-state index in [1.54, 1.807) is 40.0 Å². The number of methoxy groups -OCH3 is 1. The Hall–Kier alpha value is -4.98. The van der Waals surface area contributed by atoms with Crippen molar-refractivity contribution < 1.29 is 41.8 Å². The van der Waals surface area contributed by atoms with Gasteiger partial charge >= 0.3 is 5.97 Å². The van der Waals surface area contributed by atoms with E-state index in [9.17, 15) is 27.6 Å². The topological polar surface area (TPSA) is 170 Å². The molecule has 4 atom stereocenters. The van der Waals surface area contributed by atoms with Gasteiger partial charge in [0.05, 0.1) is 36.5 Å². The van der Waals surface area contributed by atoms with E-state index in [2.05, 4.69) is 16.6 Å². The van der Waals surface area contributed by atoms with Crippen LogP contribution >= 0.6 is 0 Å². The molecule has 13 nitrogen and oxygen atoms in total. The van der Waals surface area contributed by atoms with Crippen LogP contribution < -0.4 is 19.5 Å². The lowest BCUT2D eigenvalue weighted by molar-refractivity contribution is -0.156. The number of aromatic nitrogens is 1. The standard InChI is InChI=1S/C38H44N4O9S/c1-6-24-21-38(24,36(46)41-52(47,48)27-13-14-27)40-35(45)31-19-26(22-42(31)33(43)16-17-34(44)51-37(2,3)4)50-32-20-29(23-10-8-7-9-11-23)39-30-18-25(49-5)12-15-28(30)32/h6-12,15,18,20,24,26-27,31H,1,13-14,16-17,19,21-22H2,2-5H3,(H,40,45)(H,41,46)/t24-,26-,31+,38-/m1/s1. The van der Waals surface area contributed by atoms with E-state index in [0.29, 0.717) is 40.9 Å². The number of sulfonamides is 1. The number of carbonyl (C=O) groups excluding carboxylic acids is 4. The lowest BCUT2D eigenvalue weighted by Crippen LogP contribution is -2.56. The van der Waals surface area contributed by atoms with Crippen molar-refractivity contribution in [2.24, 2.45) is 5.92 Å². The number of amides is 3. The second-order valence-corrected chi connectivity index (χ2v) is 16.5. The molecule has 3 amide bonds. The van der Waals surface area contributed by atoms with E-state index in [4.69, 9.17) is 19.2 Å². The minimum absolute atomic E-state index is 0.00597. The average molecular weight is 733 g/mol. The first kappa shape index (κ1) is 36.8. The number of fused-ring (bicyclic) bond motifs is 1. The van der Waals surface area contributed by atoms with Gasteiger partial charge in [0.15, 0.2) is 0 Å². The van der Waals surface area contributed by atoms with Crippen molar-refractivity contribution in [1.29, 1.82) is 0 Å². The fraction of sp³-hybridized carbons (Fsp3) is 0.447. The molecule has 1 saturated heterocycles. The first-order valence-electron chi connectivity index (χ1n) is 17.4. The van der Waals surface area contributed by atoms with Crippen molar-refractivity contribution in [3.05, 3.63) is 67.3 Å². The van der Waals surface area contributed by atoms with E-state index in [1.807, 2.05) is 42.5 Å². The predicted molar refractivity (Wildman–Crippen MR) is 193 cm³/mol. The van der Waals surface area contributed by atoms with Gasteiger partial charge in [0.25, 0.3) is 5.91 Å². The Morgan fingerprint density at radius 1 is 1.06 bits per heavy atom. The van der Waals surface area contributed by atoms with Crippen LogP contribution in [-0.4, -0.2) is 84.2 Å². The number of carbonyl (C=O) groups is 4. The fourth-order valence-corrected chi connectivity index (χ4v) is 7.87. The van der Waals surface area contributed by atoms with E-state index in [1.165, 1.54) is 11.0 Å². The van der Waals surface area contributed by atoms with Gasteiger partial charge in [-0.25, -0.2) is 13.4 Å². The third-order valence-electron chi connectivity index (χ3n) is 9.44. The van der Waals surface area contributed by atoms with Gasteiger partial charge in [0.1, 0.15) is 34.8 Å². The maximum atomic E-state index is 14.1. The molecule has 276 valence electrons. The molecule has 52 heavy (non-hydrogen) atoms. The first-order valence-corrected chi connectivity index (χ1v) is 18.9. The summed E-state index contributed by atoms with van der Waals surface area (Å²) < 4.78 is 44.8. The Labute approximate surface area is 303 Å². The highest BCUT2D eigenvalue weighted by Gasteiger charge is 2.62. The molecule has 2 aromatic carbocycles. The Kier molecular flexibility index (Phi) is 10.1. The number of nitrogens with zero attached hydrogens (tertiary/aromatic N) is 2. The SMILES string of the molecule is C=C[C@@H]1C[C@]1(NC(=O)[C@@H]1C[C@@H](Oc2cc(-c3ccccc3)nc3cc(OC)ccc23)CN1C(=O)CCC(=O)OC(C)(C)C)C(=O)NS(=O)(=O)C1CC1. The molecule has 0 radical (unpaired) electrons. The molecule has 14 heteroatoms. The molecular formula is C38H44N4O9S. The van der Waals surface area contributed by atoms with Crippen molar-refractivity contribution in [1.82, 2.24) is 19.9 Å². The zero-order chi connectivity index (χ0) is 37.4. The molecule has 3 aliphatic rings. The van der Waals surface area contributed by atoms with Crippen LogP contribution in [-0.2, 0) is 33.9 Å². The van der Waals surface area contributed by atoms with Crippen molar-refractivity contribution in [3.8, 4) is 22.8 Å². The summed E-state index contributed by atoms with van der Waals surface area (Å²) in [6, 6.07) is 15.7. The van der Waals surface area contributed by atoms with E-state index in [-0.39, 0.29) is 32.2 Å². The summed E-state index contributed by atoms with van der Waals surface area (Å²) in [5.41, 5.74) is -0.151. The molecule has 3 fully saturated rings. The molecular weight excluding hydrogens is 689 g/mol. The molecule has 0 bridgehead atoms. The van der Waals surface area contributed by atoms with Gasteiger partial charge in [-0.1, -0.05) is 36.4 Å². The maximum Gasteiger partial charge on any atom is 0.306 e. The zero-order valence-corrected chi connectivity index (χ0v) is 30.5. The van der Waals surface area contributed by atoms with E-state index in [0.717, 1.165) is 5.56 Å². The van der Waals surface area contributed by atoms with Gasteiger partial charge in [-0.05, 0) is 52.2 Å². The summed E-state index contributed by atoms with van der Waals surface area (Å²) in [7, 11) is -2.32. The normalized spacial score (nSPS) is 22.7. The van der Waals surface area contributed by atoms with Gasteiger partial charge < -0.3 is 24.4 Å². The molecule has 2 saturated carbocycles. The van der Waals surface area contributed by atoms with E-state index >= 15 is 0 Å². The van der Waals surface area contributed by atoms with Gasteiger partial charge in [0.2, 0.25) is 21.8 Å². The number of pyridine rings is 1. The minimum Gasteiger partial charge on any atom is -0.497 e. The van der Waals surface area contributed by atoms with Crippen LogP contribution in [0, 0.1) is 5.92 Å². The number of rotatable bonds is 13. The molecule has 2 heterocycles. The molecule has 0 unspecified atom stereocenters. The minimum atomic E-state index is -3.88. The summed E-state index contributed by atoms with van der Waals surface area (Å²) in [6.07, 6.45) is 1.54. The van der Waals surface area contributed by atoms with Crippen LogP contribution in [0.25, 0.3) is 22.2 Å². The highest BCUT2D eigenvalue weighted by Crippen LogP contribution is 2.45. The predicted octanol–water partition coefficient (Wildman–Crippen LogP) is 4.05. The highest BCUT2D eigenvalue weighted by atomic mass is 32.2. The molecule has 2 aliphatic carbocycles. The van der Waals surface area contributed by atoms with Crippen molar-refractivity contribution >= 4 is 44.6 Å². The number of hydrogen-bond donors (Lipinski definition) is 2. The largest absolute Gasteiger partial charge is 0.497 e. The zero-order valence-electron chi connectivity index (χ0n) is 29.7. The molecule has 3 aromatic rings. The van der Waals surface area contributed by atoms with Crippen molar-refractivity contribution in [2.75, 3.05) is 13.7 Å². The van der Waals surface area contributed by atoms with Crippen molar-refractivity contribution in [2.45, 2.75) is 87.8 Å². The third-order valence-corrected chi connectivity index (χ3v) is 11.3. The number of likely N-dealkylation sites (tertiary alicyclic amines) is 1. The number of hydrogen-bond acceptors (Lipinski definition) is 10. The second kappa shape index (κ2) is 14.2. The first-order chi connectivity index (χ1) is 24.6. The van der Waals surface area contributed by atoms with Gasteiger partial charge in [-0.2, -0.15) is 0 Å². The average Bonchev–Trinajstić information content (AvgIpc) is 4.03. The van der Waals surface area contributed by atoms with Crippen LogP contribution in [0.1, 0.15) is 59.3 Å². The maximum absolute atomic E-state index is 14.1. The monoisotopic (exact) mass is 732 g/mol. The Morgan fingerprint density at radius 2 is 1.79 bits per heavy atom. The summed E-state index contributed by atoms with van der Waals surface area (Å²) in [4.78, 5) is 59.9. The Bertz CT molecular complexity index is 2010. The summed E-state index contributed by atoms with van der Waals surface area (Å²) in [5, 5.41) is 2.83. The molecule has 0 spiro atoms. The smallest absolute Gasteiger partial charge is 0.306 e. The Morgan fingerprint density at radius 3 is 2.42 bits per heavy atom. The summed E-state index contributed by atoms with van der Waals surface area (Å²) in [6.45, 7) is 8.96. The van der Waals surface area contributed by atoms with Crippen LogP contribution in [0.4, 0.5) is 0 Å².